The van der Waals surface area contributed by atoms with Gasteiger partial charge in [0, 0.05) is 18.8 Å². The van der Waals surface area contributed by atoms with Crippen LogP contribution in [0.4, 0.5) is 27.1 Å². The van der Waals surface area contributed by atoms with E-state index in [1.807, 2.05) is 4.90 Å². The molecule has 0 atom stereocenters. The first-order valence-corrected chi connectivity index (χ1v) is 8.84. The molecule has 1 saturated heterocycles. The number of benzene rings is 2. The zero-order chi connectivity index (χ0) is 18.8. The summed E-state index contributed by atoms with van der Waals surface area (Å²) in [7, 11) is 0. The fourth-order valence-electron chi connectivity index (χ4n) is 3.43. The maximum Gasteiger partial charge on any atom is 0.323 e. The van der Waals surface area contributed by atoms with E-state index in [1.54, 1.807) is 18.2 Å². The minimum atomic E-state index is -0.436. The lowest BCUT2D eigenvalue weighted by molar-refractivity contribution is -0.382. The van der Waals surface area contributed by atoms with Crippen LogP contribution in [0.15, 0.2) is 35.0 Å². The first-order chi connectivity index (χ1) is 13.1. The summed E-state index contributed by atoms with van der Waals surface area (Å²) in [5, 5.41) is 22.5. The Kier molecular flexibility index (Phi) is 4.57. The first-order valence-electron chi connectivity index (χ1n) is 8.84. The fourth-order valence-corrected chi connectivity index (χ4v) is 3.43. The van der Waals surface area contributed by atoms with Crippen molar-refractivity contribution in [1.82, 2.24) is 10.3 Å². The van der Waals surface area contributed by atoms with Crippen LogP contribution in [0.1, 0.15) is 25.7 Å². The van der Waals surface area contributed by atoms with Crippen molar-refractivity contribution in [2.45, 2.75) is 25.7 Å². The molecule has 0 amide bonds. The van der Waals surface area contributed by atoms with Gasteiger partial charge in [-0.25, -0.2) is 9.02 Å². The molecule has 1 N–H and O–H groups in total. The second-order valence-electron chi connectivity index (χ2n) is 6.54. The number of rotatable bonds is 4. The lowest BCUT2D eigenvalue weighted by Crippen LogP contribution is -2.25. The number of fused-ring (bicyclic) bond motifs is 1. The predicted molar refractivity (Wildman–Crippen MR) is 98.8 cm³/mol. The van der Waals surface area contributed by atoms with Crippen LogP contribution in [-0.4, -0.2) is 28.3 Å². The highest BCUT2D eigenvalue weighted by molar-refractivity contribution is 6.00. The molecule has 27 heavy (non-hydrogen) atoms. The van der Waals surface area contributed by atoms with Gasteiger partial charge in [0.25, 0.3) is 0 Å². The van der Waals surface area contributed by atoms with Crippen molar-refractivity contribution < 1.29 is 13.9 Å². The monoisotopic (exact) mass is 371 g/mol. The van der Waals surface area contributed by atoms with E-state index in [0.29, 0.717) is 17.1 Å². The van der Waals surface area contributed by atoms with Crippen LogP contribution in [0.25, 0.3) is 11.0 Å². The lowest BCUT2D eigenvalue weighted by Gasteiger charge is -2.23. The molecular formula is C18H18FN5O3. The molecule has 0 unspecified atom stereocenters. The molecule has 2 heterocycles. The largest absolute Gasteiger partial charge is 0.366 e. The molecule has 140 valence electrons. The Labute approximate surface area is 154 Å². The number of hydrogen-bond acceptors (Lipinski definition) is 7. The molecule has 1 aromatic heterocycles. The Hall–Kier alpha value is -3.23. The van der Waals surface area contributed by atoms with Gasteiger partial charge < -0.3 is 10.2 Å². The van der Waals surface area contributed by atoms with Crippen molar-refractivity contribution >= 4 is 33.8 Å². The van der Waals surface area contributed by atoms with Crippen LogP contribution in [0.5, 0.6) is 0 Å². The number of nitrogens with one attached hydrogen (secondary N) is 1. The Morgan fingerprint density at radius 1 is 1.07 bits per heavy atom. The van der Waals surface area contributed by atoms with Crippen LogP contribution < -0.4 is 10.2 Å². The average Bonchev–Trinajstić information content (AvgIpc) is 2.98. The summed E-state index contributed by atoms with van der Waals surface area (Å²) in [6.45, 7) is 1.49. The highest BCUT2D eigenvalue weighted by Gasteiger charge is 2.29. The smallest absolute Gasteiger partial charge is 0.323 e. The summed E-state index contributed by atoms with van der Waals surface area (Å²) in [5.74, 6) is -0.345. The van der Waals surface area contributed by atoms with Gasteiger partial charge >= 0.3 is 5.69 Å². The Morgan fingerprint density at radius 2 is 1.74 bits per heavy atom. The third kappa shape index (κ3) is 3.40. The van der Waals surface area contributed by atoms with Gasteiger partial charge in [-0.05, 0) is 53.5 Å². The zero-order valence-corrected chi connectivity index (χ0v) is 14.5. The third-order valence-electron chi connectivity index (χ3n) is 4.74. The van der Waals surface area contributed by atoms with E-state index >= 15 is 0 Å². The molecule has 0 aliphatic carbocycles. The summed E-state index contributed by atoms with van der Waals surface area (Å²) in [4.78, 5) is 13.4. The van der Waals surface area contributed by atoms with Gasteiger partial charge in [-0.3, -0.25) is 10.1 Å². The van der Waals surface area contributed by atoms with E-state index in [4.69, 9.17) is 4.63 Å². The SMILES string of the molecule is O=[N+]([O-])c1c(N2CCCCCC2)cc(Nc2ccc(F)cc2)c2nonc12. The van der Waals surface area contributed by atoms with Crippen molar-refractivity contribution in [3.8, 4) is 0 Å². The van der Waals surface area contributed by atoms with E-state index in [-0.39, 0.29) is 22.5 Å². The van der Waals surface area contributed by atoms with Crippen molar-refractivity contribution in [1.29, 1.82) is 0 Å². The minimum absolute atomic E-state index is 0.0993. The lowest BCUT2D eigenvalue weighted by atomic mass is 10.1. The minimum Gasteiger partial charge on any atom is -0.366 e. The maximum atomic E-state index is 13.2. The second-order valence-corrected chi connectivity index (χ2v) is 6.54. The van der Waals surface area contributed by atoms with Crippen LogP contribution in [0.3, 0.4) is 0 Å². The molecule has 0 bridgehead atoms. The van der Waals surface area contributed by atoms with Gasteiger partial charge in [-0.1, -0.05) is 12.8 Å². The van der Waals surface area contributed by atoms with Gasteiger partial charge in [0.1, 0.15) is 11.5 Å². The van der Waals surface area contributed by atoms with E-state index < -0.39 is 4.92 Å². The number of nitro groups is 1. The van der Waals surface area contributed by atoms with Crippen LogP contribution in [-0.2, 0) is 0 Å². The van der Waals surface area contributed by atoms with Crippen LogP contribution in [0.2, 0.25) is 0 Å². The molecule has 1 aliphatic heterocycles. The van der Waals surface area contributed by atoms with Gasteiger partial charge in [0.05, 0.1) is 10.6 Å². The molecule has 0 radical (unpaired) electrons. The van der Waals surface area contributed by atoms with E-state index in [9.17, 15) is 14.5 Å². The molecule has 0 spiro atoms. The van der Waals surface area contributed by atoms with E-state index in [2.05, 4.69) is 15.6 Å². The summed E-state index contributed by atoms with van der Waals surface area (Å²) >= 11 is 0. The molecule has 1 fully saturated rings. The Morgan fingerprint density at radius 3 is 2.41 bits per heavy atom. The van der Waals surface area contributed by atoms with Gasteiger partial charge in [0.15, 0.2) is 5.52 Å². The highest BCUT2D eigenvalue weighted by Crippen LogP contribution is 2.40. The summed E-state index contributed by atoms with van der Waals surface area (Å²) in [5.41, 5.74) is 1.93. The molecule has 3 aromatic rings. The fraction of sp³-hybridized carbons (Fsp3) is 0.333. The number of anilines is 3. The first kappa shape index (κ1) is 17.2. The van der Waals surface area contributed by atoms with Crippen molar-refractivity contribution in [3.63, 3.8) is 0 Å². The van der Waals surface area contributed by atoms with Gasteiger partial charge in [-0.2, -0.15) is 0 Å². The third-order valence-corrected chi connectivity index (χ3v) is 4.74. The zero-order valence-electron chi connectivity index (χ0n) is 14.5. The molecule has 0 saturated carbocycles. The van der Waals surface area contributed by atoms with Crippen molar-refractivity contribution in [2.75, 3.05) is 23.3 Å². The van der Waals surface area contributed by atoms with Crippen LogP contribution >= 0.6 is 0 Å². The maximum absolute atomic E-state index is 13.2. The number of nitrogens with zero attached hydrogens (tertiary/aromatic N) is 4. The predicted octanol–water partition coefficient (Wildman–Crippen LogP) is 4.39. The number of hydrogen-bond donors (Lipinski definition) is 1. The molecule has 4 rings (SSSR count). The topological polar surface area (TPSA) is 97.3 Å². The number of halogens is 1. The molecular weight excluding hydrogens is 353 g/mol. The van der Waals surface area contributed by atoms with E-state index in [1.165, 1.54) is 12.1 Å². The Balaban J connectivity index is 1.83. The quantitative estimate of drug-likeness (QED) is 0.536. The van der Waals surface area contributed by atoms with Crippen molar-refractivity contribution in [2.24, 2.45) is 0 Å². The summed E-state index contributed by atoms with van der Waals surface area (Å²) in [6.07, 6.45) is 4.18. The van der Waals surface area contributed by atoms with Crippen molar-refractivity contribution in [3.05, 3.63) is 46.3 Å². The Bertz CT molecular complexity index is 965. The normalized spacial score (nSPS) is 14.9. The number of aromatic nitrogens is 2. The van der Waals surface area contributed by atoms with E-state index in [0.717, 1.165) is 38.8 Å². The summed E-state index contributed by atoms with van der Waals surface area (Å²) in [6, 6.07) is 7.55. The summed E-state index contributed by atoms with van der Waals surface area (Å²) < 4.78 is 18.0. The molecule has 8 nitrogen and oxygen atoms in total. The van der Waals surface area contributed by atoms with Crippen LogP contribution in [0, 0.1) is 15.9 Å². The van der Waals surface area contributed by atoms with Gasteiger partial charge in [0.2, 0.25) is 5.52 Å². The molecule has 9 heteroatoms. The second kappa shape index (κ2) is 7.18. The average molecular weight is 371 g/mol. The molecule has 2 aromatic carbocycles. The standard InChI is InChI=1S/C18H18FN5O3/c19-12-5-7-13(8-6-12)20-14-11-15(23-9-3-1-2-4-10-23)18(24(25)26)17-16(14)21-27-22-17/h5-8,11,20H,1-4,9-10H2. The van der Waals surface area contributed by atoms with Gasteiger partial charge in [-0.15, -0.1) is 0 Å². The highest BCUT2D eigenvalue weighted by atomic mass is 19.1. The number of nitro benzene ring substituents is 1. The molecule has 1 aliphatic rings.